The van der Waals surface area contributed by atoms with Crippen LogP contribution in [0, 0.1) is 16.3 Å². The molecule has 1 unspecified atom stereocenters. The third-order valence-electron chi connectivity index (χ3n) is 3.14. The average molecular weight is 402 g/mol. The number of imidazole rings is 1. The van der Waals surface area contributed by atoms with E-state index < -0.39 is 0 Å². The van der Waals surface area contributed by atoms with Gasteiger partial charge in [0.05, 0.1) is 20.6 Å². The number of aromatic nitrogens is 3. The minimum atomic E-state index is -0.262. The van der Waals surface area contributed by atoms with E-state index in [1.165, 1.54) is 6.07 Å². The normalized spacial score (nSPS) is 13.0. The van der Waals surface area contributed by atoms with Crippen LogP contribution in [-0.4, -0.2) is 14.5 Å². The smallest absolute Gasteiger partial charge is 0.201 e. The zero-order valence-electron chi connectivity index (χ0n) is 10.9. The van der Waals surface area contributed by atoms with Gasteiger partial charge in [-0.3, -0.25) is 0 Å². The molecular weight excluding hydrogens is 390 g/mol. The maximum absolute atomic E-state index is 13.8. The molecule has 4 nitrogen and oxygen atoms in total. The number of hydrogen-bond acceptors (Lipinski definition) is 4. The predicted octanol–water partition coefficient (Wildman–Crippen LogP) is 3.74. The number of nitrogens with zero attached hydrogens (tertiary/aromatic N) is 3. The largest absolute Gasteiger partial charge is 0.369 e. The number of hydrogen-bond donors (Lipinski definition) is 1. The highest BCUT2D eigenvalue weighted by Crippen LogP contribution is 2.30. The van der Waals surface area contributed by atoms with Gasteiger partial charge in [0.25, 0.3) is 0 Å². The van der Waals surface area contributed by atoms with Gasteiger partial charge in [-0.2, -0.15) is 0 Å². The van der Waals surface area contributed by atoms with E-state index in [0.29, 0.717) is 20.6 Å². The van der Waals surface area contributed by atoms with Crippen molar-refractivity contribution < 1.29 is 4.39 Å². The Morgan fingerprint density at radius 3 is 2.85 bits per heavy atom. The molecule has 1 atom stereocenters. The van der Waals surface area contributed by atoms with Gasteiger partial charge in [0, 0.05) is 17.1 Å². The topological polar surface area (TPSA) is 56.7 Å². The van der Waals surface area contributed by atoms with E-state index in [9.17, 15) is 4.39 Å². The fourth-order valence-corrected chi connectivity index (χ4v) is 3.46. The second-order valence-electron chi connectivity index (χ2n) is 4.58. The van der Waals surface area contributed by atoms with Crippen LogP contribution in [0.25, 0.3) is 11.0 Å². The summed E-state index contributed by atoms with van der Waals surface area (Å²) < 4.78 is 16.2. The molecule has 2 heterocycles. The minimum absolute atomic E-state index is 0.0711. The number of benzene rings is 1. The Kier molecular flexibility index (Phi) is 3.41. The Balaban J connectivity index is 2.20. The highest BCUT2D eigenvalue weighted by atomic mass is 127. The Hall–Kier alpha value is -1.22. The van der Waals surface area contributed by atoms with Gasteiger partial charge in [0.1, 0.15) is 10.8 Å². The van der Waals surface area contributed by atoms with Gasteiger partial charge >= 0.3 is 0 Å². The Morgan fingerprint density at radius 2 is 2.20 bits per heavy atom. The number of nitrogen functional groups attached to an aromatic ring is 1. The molecule has 0 saturated carbocycles. The summed E-state index contributed by atoms with van der Waals surface area (Å²) in [5.41, 5.74) is 7.40. The van der Waals surface area contributed by atoms with E-state index in [-0.39, 0.29) is 11.9 Å². The van der Waals surface area contributed by atoms with Crippen LogP contribution in [0.15, 0.2) is 18.3 Å². The third-order valence-corrected chi connectivity index (χ3v) is 5.05. The summed E-state index contributed by atoms with van der Waals surface area (Å²) in [6, 6.07) is 3.12. The van der Waals surface area contributed by atoms with Crippen molar-refractivity contribution in [2.45, 2.75) is 19.9 Å². The fourth-order valence-electron chi connectivity index (χ4n) is 2.19. The average Bonchev–Trinajstić information content (AvgIpc) is 2.93. The lowest BCUT2D eigenvalue weighted by molar-refractivity contribution is 0.618. The van der Waals surface area contributed by atoms with Crippen LogP contribution in [0.3, 0.4) is 0 Å². The van der Waals surface area contributed by atoms with Crippen LogP contribution in [0.5, 0.6) is 0 Å². The number of halogens is 2. The lowest BCUT2D eigenvalue weighted by Gasteiger charge is -2.13. The molecule has 0 radical (unpaired) electrons. The van der Waals surface area contributed by atoms with Gasteiger partial charge in [-0.15, -0.1) is 11.3 Å². The predicted molar refractivity (Wildman–Crippen MR) is 87.5 cm³/mol. The maximum Gasteiger partial charge on any atom is 0.201 e. The summed E-state index contributed by atoms with van der Waals surface area (Å²) in [6.45, 7) is 4.00. The molecule has 0 aliphatic rings. The first-order chi connectivity index (χ1) is 9.47. The second kappa shape index (κ2) is 4.96. The second-order valence-corrected chi connectivity index (χ2v) is 7.01. The minimum Gasteiger partial charge on any atom is -0.369 e. The highest BCUT2D eigenvalue weighted by molar-refractivity contribution is 14.1. The number of anilines is 1. The monoisotopic (exact) mass is 402 g/mol. The molecule has 0 spiro atoms. The quantitative estimate of drug-likeness (QED) is 0.665. The molecule has 3 rings (SSSR count). The van der Waals surface area contributed by atoms with E-state index in [4.69, 9.17) is 5.73 Å². The molecule has 0 fully saturated rings. The molecule has 1 aromatic carbocycles. The lowest BCUT2D eigenvalue weighted by Crippen LogP contribution is -2.10. The molecule has 2 aromatic heterocycles. The molecule has 104 valence electrons. The van der Waals surface area contributed by atoms with Gasteiger partial charge < -0.3 is 10.3 Å². The van der Waals surface area contributed by atoms with Gasteiger partial charge in [-0.05, 0) is 42.5 Å². The van der Waals surface area contributed by atoms with Crippen LogP contribution in [0.2, 0.25) is 0 Å². The standard InChI is InChI=1S/C13H12FIN4S/c1-6-5-17-12(20-6)7(2)19-11-3-8(14)9(15)4-10(11)18-13(19)16/h3-5,7H,1-2H3,(H2,16,18). The lowest BCUT2D eigenvalue weighted by atomic mass is 10.2. The summed E-state index contributed by atoms with van der Waals surface area (Å²) in [7, 11) is 0. The van der Waals surface area contributed by atoms with Crippen molar-refractivity contribution in [3.63, 3.8) is 0 Å². The van der Waals surface area contributed by atoms with Crippen molar-refractivity contribution in [3.05, 3.63) is 37.6 Å². The SMILES string of the molecule is Cc1cnc(C(C)n2c(N)nc3cc(I)c(F)cc32)s1. The van der Waals surface area contributed by atoms with Crippen LogP contribution >= 0.6 is 33.9 Å². The first-order valence-corrected chi connectivity index (χ1v) is 7.91. The Bertz CT molecular complexity index is 795. The summed E-state index contributed by atoms with van der Waals surface area (Å²) in [6.07, 6.45) is 1.83. The van der Waals surface area contributed by atoms with Crippen molar-refractivity contribution in [1.29, 1.82) is 0 Å². The van der Waals surface area contributed by atoms with Crippen LogP contribution in [0.1, 0.15) is 22.9 Å². The molecule has 7 heteroatoms. The van der Waals surface area contributed by atoms with Crippen molar-refractivity contribution in [1.82, 2.24) is 14.5 Å². The molecule has 3 aromatic rings. The molecule has 0 aliphatic heterocycles. The van der Waals surface area contributed by atoms with E-state index in [2.05, 4.69) is 9.97 Å². The summed E-state index contributed by atoms with van der Waals surface area (Å²) in [4.78, 5) is 9.83. The fraction of sp³-hybridized carbons (Fsp3) is 0.231. The molecular formula is C13H12FIN4S. The Labute approximate surface area is 133 Å². The number of fused-ring (bicyclic) bond motifs is 1. The zero-order valence-corrected chi connectivity index (χ0v) is 13.9. The summed E-state index contributed by atoms with van der Waals surface area (Å²) >= 11 is 3.56. The summed E-state index contributed by atoms with van der Waals surface area (Å²) in [5, 5.41) is 0.937. The van der Waals surface area contributed by atoms with Gasteiger partial charge in [-0.1, -0.05) is 0 Å². The van der Waals surface area contributed by atoms with Gasteiger partial charge in [0.15, 0.2) is 0 Å². The molecule has 0 amide bonds. The molecule has 2 N–H and O–H groups in total. The van der Waals surface area contributed by atoms with Crippen molar-refractivity contribution in [3.8, 4) is 0 Å². The number of nitrogens with two attached hydrogens (primary N) is 1. The van der Waals surface area contributed by atoms with Crippen molar-refractivity contribution in [2.75, 3.05) is 5.73 Å². The number of thiazole rings is 1. The third kappa shape index (κ3) is 2.18. The number of rotatable bonds is 2. The van der Waals surface area contributed by atoms with Gasteiger partial charge in [0.2, 0.25) is 5.95 Å². The van der Waals surface area contributed by atoms with Crippen LogP contribution < -0.4 is 5.73 Å². The molecule has 20 heavy (non-hydrogen) atoms. The highest BCUT2D eigenvalue weighted by Gasteiger charge is 2.19. The summed E-state index contributed by atoms with van der Waals surface area (Å²) in [5.74, 6) is 0.114. The first kappa shape index (κ1) is 13.7. The van der Waals surface area contributed by atoms with E-state index in [0.717, 1.165) is 9.88 Å². The Morgan fingerprint density at radius 1 is 1.45 bits per heavy atom. The van der Waals surface area contributed by atoms with E-state index in [1.807, 2.05) is 47.2 Å². The maximum atomic E-state index is 13.8. The number of aryl methyl sites for hydroxylation is 1. The van der Waals surface area contributed by atoms with E-state index >= 15 is 0 Å². The molecule has 0 bridgehead atoms. The van der Waals surface area contributed by atoms with Crippen molar-refractivity contribution in [2.24, 2.45) is 0 Å². The first-order valence-electron chi connectivity index (χ1n) is 6.02. The van der Waals surface area contributed by atoms with Crippen LogP contribution in [0.4, 0.5) is 10.3 Å². The zero-order chi connectivity index (χ0) is 14.4. The molecule has 0 saturated heterocycles. The van der Waals surface area contributed by atoms with Gasteiger partial charge in [-0.25, -0.2) is 14.4 Å². The van der Waals surface area contributed by atoms with Crippen molar-refractivity contribution >= 4 is 50.9 Å². The van der Waals surface area contributed by atoms with E-state index in [1.54, 1.807) is 17.4 Å². The van der Waals surface area contributed by atoms with Crippen LogP contribution in [-0.2, 0) is 0 Å². The molecule has 0 aliphatic carbocycles.